The number of likely N-dealkylation sites (N-methyl/N-ethyl adjacent to an activating group) is 2. The van der Waals surface area contributed by atoms with Crippen LogP contribution in [0.25, 0.3) is 0 Å². The standard InChI is InChI=1S/C9H15BrN2O2S2.ClH/c1-7-6-8(15-9(7)10)16(13,14)12(3)5-4-11-2;/h6,11H,4-5H2,1-3H3;1H. The van der Waals surface area contributed by atoms with Crippen molar-refractivity contribution in [3.8, 4) is 0 Å². The summed E-state index contributed by atoms with van der Waals surface area (Å²) in [5, 5.41) is 2.93. The number of nitrogens with zero attached hydrogens (tertiary/aromatic N) is 1. The predicted octanol–water partition coefficient (Wildman–Crippen LogP) is 2.08. The summed E-state index contributed by atoms with van der Waals surface area (Å²) in [6, 6.07) is 1.69. The highest BCUT2D eigenvalue weighted by Crippen LogP contribution is 2.31. The zero-order chi connectivity index (χ0) is 12.3. The van der Waals surface area contributed by atoms with E-state index in [1.54, 1.807) is 20.2 Å². The topological polar surface area (TPSA) is 49.4 Å². The largest absolute Gasteiger partial charge is 0.318 e. The number of rotatable bonds is 5. The van der Waals surface area contributed by atoms with Gasteiger partial charge in [0.05, 0.1) is 3.79 Å². The molecular formula is C9H16BrClN2O2S2. The van der Waals surface area contributed by atoms with Crippen molar-refractivity contribution < 1.29 is 8.42 Å². The van der Waals surface area contributed by atoms with Gasteiger partial charge in [-0.25, -0.2) is 8.42 Å². The molecule has 1 N–H and O–H groups in total. The van der Waals surface area contributed by atoms with Crippen molar-refractivity contribution in [1.82, 2.24) is 9.62 Å². The Morgan fingerprint density at radius 3 is 2.53 bits per heavy atom. The van der Waals surface area contributed by atoms with Crippen molar-refractivity contribution in [2.75, 3.05) is 27.2 Å². The van der Waals surface area contributed by atoms with Gasteiger partial charge in [-0.05, 0) is 41.5 Å². The lowest BCUT2D eigenvalue weighted by Gasteiger charge is -2.15. The van der Waals surface area contributed by atoms with Gasteiger partial charge < -0.3 is 5.32 Å². The minimum Gasteiger partial charge on any atom is -0.318 e. The molecule has 1 rings (SSSR count). The molecule has 1 aromatic heterocycles. The highest BCUT2D eigenvalue weighted by Gasteiger charge is 2.23. The van der Waals surface area contributed by atoms with Crippen molar-refractivity contribution >= 4 is 49.7 Å². The minimum atomic E-state index is -3.33. The fraction of sp³-hybridized carbons (Fsp3) is 0.556. The first-order valence-electron chi connectivity index (χ1n) is 4.76. The SMILES string of the molecule is CNCCN(C)S(=O)(=O)c1cc(C)c(Br)s1.Cl. The molecule has 0 bridgehead atoms. The van der Waals surface area contributed by atoms with E-state index >= 15 is 0 Å². The monoisotopic (exact) mass is 362 g/mol. The summed E-state index contributed by atoms with van der Waals surface area (Å²) in [5.41, 5.74) is 0.950. The Bertz CT molecular complexity index is 442. The lowest BCUT2D eigenvalue weighted by molar-refractivity contribution is 0.467. The van der Waals surface area contributed by atoms with E-state index in [0.717, 1.165) is 9.35 Å². The molecule has 0 aliphatic carbocycles. The summed E-state index contributed by atoms with van der Waals surface area (Å²) in [4.78, 5) is 0. The highest BCUT2D eigenvalue weighted by atomic mass is 79.9. The molecule has 17 heavy (non-hydrogen) atoms. The Kier molecular flexibility index (Phi) is 7.20. The van der Waals surface area contributed by atoms with Gasteiger partial charge in [0.25, 0.3) is 10.0 Å². The van der Waals surface area contributed by atoms with Crippen LogP contribution in [0.4, 0.5) is 0 Å². The van der Waals surface area contributed by atoms with E-state index in [1.807, 2.05) is 6.92 Å². The van der Waals surface area contributed by atoms with E-state index in [4.69, 9.17) is 0 Å². The molecule has 1 heterocycles. The second-order valence-corrected chi connectivity index (χ2v) is 8.09. The van der Waals surface area contributed by atoms with Crippen LogP contribution < -0.4 is 5.32 Å². The van der Waals surface area contributed by atoms with Crippen LogP contribution in [-0.4, -0.2) is 39.9 Å². The van der Waals surface area contributed by atoms with Gasteiger partial charge in [0.1, 0.15) is 4.21 Å². The molecule has 0 radical (unpaired) electrons. The Balaban J connectivity index is 0.00000256. The summed E-state index contributed by atoms with van der Waals surface area (Å²) in [7, 11) is 0.0598. The molecule has 0 spiro atoms. The van der Waals surface area contributed by atoms with Crippen LogP contribution in [0.1, 0.15) is 5.56 Å². The van der Waals surface area contributed by atoms with Gasteiger partial charge in [-0.15, -0.1) is 23.7 Å². The van der Waals surface area contributed by atoms with Crippen LogP contribution in [0, 0.1) is 6.92 Å². The third-order valence-corrected chi connectivity index (χ3v) is 6.62. The first-order chi connectivity index (χ1) is 7.39. The lowest BCUT2D eigenvalue weighted by Crippen LogP contribution is -2.32. The first-order valence-corrected chi connectivity index (χ1v) is 7.81. The van der Waals surface area contributed by atoms with Gasteiger partial charge in [0.15, 0.2) is 0 Å². The Labute approximate surface area is 121 Å². The molecular weight excluding hydrogens is 348 g/mol. The van der Waals surface area contributed by atoms with Gasteiger partial charge >= 0.3 is 0 Å². The molecule has 4 nitrogen and oxygen atoms in total. The molecule has 0 aliphatic heterocycles. The summed E-state index contributed by atoms with van der Waals surface area (Å²) < 4.78 is 26.8. The number of thiophene rings is 1. The van der Waals surface area contributed by atoms with Crippen molar-refractivity contribution in [1.29, 1.82) is 0 Å². The molecule has 0 saturated heterocycles. The third-order valence-electron chi connectivity index (χ3n) is 2.18. The molecule has 8 heteroatoms. The molecule has 1 aromatic rings. The van der Waals surface area contributed by atoms with E-state index in [-0.39, 0.29) is 12.4 Å². The number of sulfonamides is 1. The first kappa shape index (κ1) is 17.3. The second-order valence-electron chi connectivity index (χ2n) is 3.45. The van der Waals surface area contributed by atoms with E-state index in [1.165, 1.54) is 15.6 Å². The molecule has 0 amide bonds. The summed E-state index contributed by atoms with van der Waals surface area (Å²) in [6.45, 7) is 2.99. The maximum absolute atomic E-state index is 12.1. The van der Waals surface area contributed by atoms with Crippen LogP contribution in [-0.2, 0) is 10.0 Å². The normalized spacial score (nSPS) is 11.6. The summed E-state index contributed by atoms with van der Waals surface area (Å²) in [5.74, 6) is 0. The van der Waals surface area contributed by atoms with Crippen LogP contribution in [0.5, 0.6) is 0 Å². The zero-order valence-corrected chi connectivity index (χ0v) is 13.9. The van der Waals surface area contributed by atoms with Gasteiger partial charge in [-0.3, -0.25) is 0 Å². The smallest absolute Gasteiger partial charge is 0.252 e. The molecule has 100 valence electrons. The molecule has 0 fully saturated rings. The molecule has 0 atom stereocenters. The Morgan fingerprint density at radius 1 is 1.53 bits per heavy atom. The van der Waals surface area contributed by atoms with E-state index in [2.05, 4.69) is 21.2 Å². The summed E-state index contributed by atoms with van der Waals surface area (Å²) >= 11 is 4.58. The lowest BCUT2D eigenvalue weighted by atomic mass is 10.4. The third kappa shape index (κ3) is 4.18. The predicted molar refractivity (Wildman–Crippen MR) is 77.7 cm³/mol. The maximum Gasteiger partial charge on any atom is 0.252 e. The van der Waals surface area contributed by atoms with Crippen molar-refractivity contribution in [2.24, 2.45) is 0 Å². The molecule has 0 aliphatic rings. The van der Waals surface area contributed by atoms with Gasteiger partial charge in [0.2, 0.25) is 0 Å². The van der Waals surface area contributed by atoms with E-state index < -0.39 is 10.0 Å². The maximum atomic E-state index is 12.1. The molecule has 0 aromatic carbocycles. The van der Waals surface area contributed by atoms with Crippen LogP contribution in [0.3, 0.4) is 0 Å². The number of nitrogens with one attached hydrogen (secondary N) is 1. The quantitative estimate of drug-likeness (QED) is 0.871. The average Bonchev–Trinajstić information content (AvgIpc) is 2.56. The molecule has 0 unspecified atom stereocenters. The number of aryl methyl sites for hydroxylation is 1. The Hall–Kier alpha value is 0.340. The average molecular weight is 364 g/mol. The fourth-order valence-electron chi connectivity index (χ4n) is 1.10. The highest BCUT2D eigenvalue weighted by molar-refractivity contribution is 9.11. The number of halogens is 2. The zero-order valence-electron chi connectivity index (χ0n) is 9.86. The van der Waals surface area contributed by atoms with Gasteiger partial charge in [-0.1, -0.05) is 0 Å². The second kappa shape index (κ2) is 7.06. The van der Waals surface area contributed by atoms with Gasteiger partial charge in [-0.2, -0.15) is 4.31 Å². The number of hydrogen-bond acceptors (Lipinski definition) is 4. The van der Waals surface area contributed by atoms with Crippen LogP contribution in [0.2, 0.25) is 0 Å². The van der Waals surface area contributed by atoms with Crippen molar-refractivity contribution in [3.05, 3.63) is 15.4 Å². The van der Waals surface area contributed by atoms with Crippen molar-refractivity contribution in [2.45, 2.75) is 11.1 Å². The van der Waals surface area contributed by atoms with Gasteiger partial charge in [0, 0.05) is 20.1 Å². The van der Waals surface area contributed by atoms with Crippen molar-refractivity contribution in [3.63, 3.8) is 0 Å². The minimum absolute atomic E-state index is 0. The summed E-state index contributed by atoms with van der Waals surface area (Å²) in [6.07, 6.45) is 0. The molecule has 0 saturated carbocycles. The van der Waals surface area contributed by atoms with E-state index in [9.17, 15) is 8.42 Å². The Morgan fingerprint density at radius 2 is 2.12 bits per heavy atom. The van der Waals surface area contributed by atoms with E-state index in [0.29, 0.717) is 17.3 Å². The van der Waals surface area contributed by atoms with Crippen LogP contribution in [0.15, 0.2) is 14.1 Å². The fourth-order valence-corrected chi connectivity index (χ4v) is 4.71. The number of hydrogen-bond donors (Lipinski definition) is 1. The van der Waals surface area contributed by atoms with Crippen LogP contribution >= 0.6 is 39.7 Å².